The van der Waals surface area contributed by atoms with Crippen molar-refractivity contribution in [2.24, 2.45) is 0 Å². The van der Waals surface area contributed by atoms with Gasteiger partial charge in [-0.15, -0.1) is 0 Å². The Balaban J connectivity index is 1.55. The number of hydrogen-bond acceptors (Lipinski definition) is 5. The number of fused-ring (bicyclic) bond motifs is 1. The van der Waals surface area contributed by atoms with Crippen molar-refractivity contribution in [3.05, 3.63) is 30.1 Å². The van der Waals surface area contributed by atoms with Crippen LogP contribution in [0.5, 0.6) is 0 Å². The third kappa shape index (κ3) is 3.89. The summed E-state index contributed by atoms with van der Waals surface area (Å²) in [6.45, 7) is 6.77. The van der Waals surface area contributed by atoms with Gasteiger partial charge in [-0.2, -0.15) is 0 Å². The average Bonchev–Trinajstić information content (AvgIpc) is 2.97. The molecule has 23 heavy (non-hydrogen) atoms. The lowest BCUT2D eigenvalue weighted by Crippen LogP contribution is -2.51. The van der Waals surface area contributed by atoms with E-state index in [0.717, 1.165) is 49.6 Å². The van der Waals surface area contributed by atoms with Gasteiger partial charge in [-0.25, -0.2) is 4.98 Å². The van der Waals surface area contributed by atoms with Crippen molar-refractivity contribution in [1.29, 1.82) is 0 Å². The summed E-state index contributed by atoms with van der Waals surface area (Å²) in [5.74, 6) is 0.878. The Labute approximate surface area is 136 Å². The lowest BCUT2D eigenvalue weighted by molar-refractivity contribution is -0.141. The fraction of sp³-hybridized carbons (Fsp3) is 0.529. The summed E-state index contributed by atoms with van der Waals surface area (Å²) in [6, 6.07) is 8.56. The maximum Gasteiger partial charge on any atom is 0.306 e. The number of ether oxygens (including phenoxy) is 1. The number of carbonyl (C=O) groups excluding carboxylic acids is 1. The number of hydrogen-bond donors (Lipinski definition) is 1. The molecule has 6 heteroatoms. The fourth-order valence-electron chi connectivity index (χ4n) is 3.13. The van der Waals surface area contributed by atoms with E-state index in [4.69, 9.17) is 4.74 Å². The number of esters is 1. The van der Waals surface area contributed by atoms with Gasteiger partial charge in [-0.1, -0.05) is 12.1 Å². The predicted molar refractivity (Wildman–Crippen MR) is 89.0 cm³/mol. The van der Waals surface area contributed by atoms with Crippen molar-refractivity contribution >= 4 is 17.0 Å². The van der Waals surface area contributed by atoms with Gasteiger partial charge in [-0.05, 0) is 19.1 Å². The molecule has 3 rings (SSSR count). The minimum absolute atomic E-state index is 0.137. The molecule has 0 amide bonds. The number of aromatic amines is 1. The smallest absolute Gasteiger partial charge is 0.306 e. The van der Waals surface area contributed by atoms with Crippen molar-refractivity contribution in [3.8, 4) is 0 Å². The minimum Gasteiger partial charge on any atom is -0.469 e. The molecule has 1 aliphatic heterocycles. The first-order valence-corrected chi connectivity index (χ1v) is 8.12. The summed E-state index contributed by atoms with van der Waals surface area (Å²) < 4.78 is 4.71. The van der Waals surface area contributed by atoms with Gasteiger partial charge in [-0.3, -0.25) is 14.6 Å². The fourth-order valence-corrected chi connectivity index (χ4v) is 3.13. The second kappa shape index (κ2) is 7.10. The minimum atomic E-state index is -0.137. The van der Waals surface area contributed by atoms with Gasteiger partial charge < -0.3 is 9.72 Å². The Bertz CT molecular complexity index is 636. The number of para-hydroxylation sites is 2. The molecule has 6 nitrogen and oxygen atoms in total. The van der Waals surface area contributed by atoms with Crippen molar-refractivity contribution in [3.63, 3.8) is 0 Å². The van der Waals surface area contributed by atoms with E-state index < -0.39 is 0 Å². The number of imidazole rings is 1. The van der Waals surface area contributed by atoms with Crippen molar-refractivity contribution in [2.75, 3.05) is 33.3 Å². The number of nitrogens with zero attached hydrogens (tertiary/aromatic N) is 3. The maximum atomic E-state index is 11.3. The molecule has 1 N–H and O–H groups in total. The molecule has 1 aromatic carbocycles. The van der Waals surface area contributed by atoms with Crippen LogP contribution in [0.3, 0.4) is 0 Å². The average molecular weight is 316 g/mol. The van der Waals surface area contributed by atoms with Crippen molar-refractivity contribution < 1.29 is 9.53 Å². The summed E-state index contributed by atoms with van der Waals surface area (Å²) in [5, 5.41) is 0. The summed E-state index contributed by atoms with van der Waals surface area (Å²) in [4.78, 5) is 24.1. The number of benzene rings is 1. The van der Waals surface area contributed by atoms with Gasteiger partial charge in [0.15, 0.2) is 0 Å². The molecule has 0 spiro atoms. The molecular weight excluding hydrogens is 292 g/mol. The zero-order valence-electron chi connectivity index (χ0n) is 13.8. The molecule has 1 fully saturated rings. The van der Waals surface area contributed by atoms with Gasteiger partial charge in [0.2, 0.25) is 0 Å². The van der Waals surface area contributed by atoms with Gasteiger partial charge in [0, 0.05) is 32.2 Å². The van der Waals surface area contributed by atoms with E-state index in [2.05, 4.69) is 32.8 Å². The second-order valence-electron chi connectivity index (χ2n) is 6.15. The molecule has 2 heterocycles. The largest absolute Gasteiger partial charge is 0.469 e. The highest BCUT2D eigenvalue weighted by Crippen LogP contribution is 2.16. The topological polar surface area (TPSA) is 61.5 Å². The van der Waals surface area contributed by atoms with Crippen molar-refractivity contribution in [1.82, 2.24) is 19.8 Å². The Morgan fingerprint density at radius 1 is 1.39 bits per heavy atom. The van der Waals surface area contributed by atoms with Gasteiger partial charge in [0.05, 0.1) is 31.1 Å². The monoisotopic (exact) mass is 316 g/mol. The highest BCUT2D eigenvalue weighted by Gasteiger charge is 2.24. The van der Waals surface area contributed by atoms with Gasteiger partial charge >= 0.3 is 5.97 Å². The first-order chi connectivity index (χ1) is 11.2. The van der Waals surface area contributed by atoms with E-state index in [1.54, 1.807) is 0 Å². The highest BCUT2D eigenvalue weighted by molar-refractivity contribution is 5.74. The van der Waals surface area contributed by atoms with E-state index >= 15 is 0 Å². The first kappa shape index (κ1) is 16.0. The molecule has 1 saturated heterocycles. The normalized spacial score (nSPS) is 20.0. The molecule has 1 atom stereocenters. The molecule has 1 aromatic heterocycles. The van der Waals surface area contributed by atoms with E-state index in [9.17, 15) is 4.79 Å². The van der Waals surface area contributed by atoms with E-state index in [1.165, 1.54) is 7.11 Å². The molecule has 0 unspecified atom stereocenters. The maximum absolute atomic E-state index is 11.3. The van der Waals surface area contributed by atoms with Crippen LogP contribution in [0.4, 0.5) is 0 Å². The first-order valence-electron chi connectivity index (χ1n) is 8.12. The van der Waals surface area contributed by atoms with Crippen LogP contribution in [-0.2, 0) is 16.1 Å². The van der Waals surface area contributed by atoms with Crippen molar-refractivity contribution in [2.45, 2.75) is 25.9 Å². The lowest BCUT2D eigenvalue weighted by atomic mass is 10.2. The zero-order chi connectivity index (χ0) is 16.2. The molecule has 0 radical (unpaired) electrons. The number of methoxy groups -OCH3 is 1. The number of H-pyrrole nitrogens is 1. The standard InChI is InChI=1S/C17H24N4O2/c1-13-11-20(8-7-17(22)23-2)9-10-21(13)12-16-18-14-5-3-4-6-15(14)19-16/h3-6,13H,7-12H2,1-2H3,(H,18,19)/t13-/m1/s1. The molecular formula is C17H24N4O2. The second-order valence-corrected chi connectivity index (χ2v) is 6.15. The Kier molecular flexibility index (Phi) is 4.93. The van der Waals surface area contributed by atoms with E-state index in [-0.39, 0.29) is 5.97 Å². The Morgan fingerprint density at radius 3 is 2.96 bits per heavy atom. The third-order valence-corrected chi connectivity index (χ3v) is 4.50. The number of aromatic nitrogens is 2. The molecule has 1 aliphatic rings. The number of carbonyl (C=O) groups is 1. The predicted octanol–water partition coefficient (Wildman–Crippen LogP) is 1.63. The van der Waals surface area contributed by atoms with E-state index in [1.807, 2.05) is 18.2 Å². The Morgan fingerprint density at radius 2 is 2.22 bits per heavy atom. The van der Waals surface area contributed by atoms with Crippen LogP contribution in [0.15, 0.2) is 24.3 Å². The zero-order valence-corrected chi connectivity index (χ0v) is 13.8. The summed E-state index contributed by atoms with van der Waals surface area (Å²) in [6.07, 6.45) is 0.465. The lowest BCUT2D eigenvalue weighted by Gasteiger charge is -2.39. The highest BCUT2D eigenvalue weighted by atomic mass is 16.5. The molecule has 0 saturated carbocycles. The number of rotatable bonds is 5. The Hall–Kier alpha value is -1.92. The number of piperazine rings is 1. The summed E-state index contributed by atoms with van der Waals surface area (Å²) in [7, 11) is 1.44. The van der Waals surface area contributed by atoms with Crippen LogP contribution >= 0.6 is 0 Å². The van der Waals surface area contributed by atoms with Gasteiger partial charge in [0.1, 0.15) is 5.82 Å². The van der Waals surface area contributed by atoms with Gasteiger partial charge in [0.25, 0.3) is 0 Å². The third-order valence-electron chi connectivity index (χ3n) is 4.50. The van der Waals surface area contributed by atoms with E-state index in [0.29, 0.717) is 12.5 Å². The number of nitrogens with one attached hydrogen (secondary N) is 1. The van der Waals surface area contributed by atoms with Crippen LogP contribution in [0.2, 0.25) is 0 Å². The van der Waals surface area contributed by atoms with Crippen LogP contribution in [0.1, 0.15) is 19.2 Å². The summed E-state index contributed by atoms with van der Waals surface area (Å²) in [5.41, 5.74) is 2.11. The van der Waals surface area contributed by atoms with Crippen LogP contribution < -0.4 is 0 Å². The molecule has 0 aliphatic carbocycles. The molecule has 0 bridgehead atoms. The van der Waals surface area contributed by atoms with Crippen LogP contribution in [-0.4, -0.2) is 65.1 Å². The summed E-state index contributed by atoms with van der Waals surface area (Å²) >= 11 is 0. The molecule has 2 aromatic rings. The quantitative estimate of drug-likeness (QED) is 0.850. The molecule has 124 valence electrons. The van der Waals surface area contributed by atoms with Crippen LogP contribution in [0, 0.1) is 0 Å². The SMILES string of the molecule is COC(=O)CCN1CCN(Cc2nc3ccccc3[nH]2)[C@H](C)C1. The van der Waals surface area contributed by atoms with Crippen LogP contribution in [0.25, 0.3) is 11.0 Å².